The Kier molecular flexibility index (Phi) is 6.02. The minimum absolute atomic E-state index is 0.0110. The van der Waals surface area contributed by atoms with E-state index >= 15 is 0 Å². The van der Waals surface area contributed by atoms with Crippen LogP contribution in [0.2, 0.25) is 5.02 Å². The highest BCUT2D eigenvalue weighted by molar-refractivity contribution is 7.92. The van der Waals surface area contributed by atoms with Gasteiger partial charge in [-0.1, -0.05) is 29.8 Å². The smallest absolute Gasteiger partial charge is 0.264 e. The maximum atomic E-state index is 13.2. The Bertz CT molecular complexity index is 1100. The molecule has 28 heavy (non-hydrogen) atoms. The molecule has 2 aromatic carbocycles. The Balaban J connectivity index is 1.96. The highest BCUT2D eigenvalue weighted by atomic mass is 35.5. The molecule has 1 aromatic heterocycles. The maximum absolute atomic E-state index is 13.2. The first-order chi connectivity index (χ1) is 13.3. The van der Waals surface area contributed by atoms with Crippen molar-refractivity contribution in [1.29, 1.82) is 0 Å². The number of sulfonamides is 1. The van der Waals surface area contributed by atoms with E-state index in [4.69, 9.17) is 11.6 Å². The van der Waals surface area contributed by atoms with Gasteiger partial charge in [0.1, 0.15) is 0 Å². The molecule has 3 rings (SSSR count). The van der Waals surface area contributed by atoms with Crippen LogP contribution >= 0.6 is 22.9 Å². The summed E-state index contributed by atoms with van der Waals surface area (Å²) in [6.07, 6.45) is 1.64. The number of halogens is 1. The Hall–Kier alpha value is -2.42. The second kappa shape index (κ2) is 8.30. The number of rotatable bonds is 6. The number of amides is 1. The van der Waals surface area contributed by atoms with Crippen LogP contribution in [-0.4, -0.2) is 25.9 Å². The summed E-state index contributed by atoms with van der Waals surface area (Å²) in [5, 5.41) is 3.23. The van der Waals surface area contributed by atoms with Crippen molar-refractivity contribution >= 4 is 49.7 Å². The van der Waals surface area contributed by atoms with Gasteiger partial charge in [-0.05, 0) is 44.2 Å². The number of aryl methyl sites for hydroxylation is 1. The minimum Gasteiger partial charge on any atom is -0.298 e. The third kappa shape index (κ3) is 4.19. The van der Waals surface area contributed by atoms with E-state index in [0.717, 1.165) is 4.88 Å². The number of aromatic nitrogens is 1. The van der Waals surface area contributed by atoms with Crippen LogP contribution < -0.4 is 9.62 Å². The molecule has 0 aliphatic carbocycles. The normalized spacial score (nSPS) is 11.2. The van der Waals surface area contributed by atoms with Crippen molar-refractivity contribution in [3.8, 4) is 0 Å². The Morgan fingerprint density at radius 1 is 1.21 bits per heavy atom. The van der Waals surface area contributed by atoms with Crippen LogP contribution in [0.3, 0.4) is 0 Å². The average Bonchev–Trinajstić information content (AvgIpc) is 3.07. The molecule has 0 atom stereocenters. The molecule has 1 amide bonds. The number of hydrogen-bond acceptors (Lipinski definition) is 5. The Morgan fingerprint density at radius 3 is 2.54 bits per heavy atom. The van der Waals surface area contributed by atoms with E-state index in [-0.39, 0.29) is 22.0 Å². The highest BCUT2D eigenvalue weighted by Gasteiger charge is 2.25. The van der Waals surface area contributed by atoms with Gasteiger partial charge >= 0.3 is 0 Å². The fourth-order valence-electron chi connectivity index (χ4n) is 2.63. The monoisotopic (exact) mass is 435 g/mol. The van der Waals surface area contributed by atoms with E-state index in [2.05, 4.69) is 10.3 Å². The number of hydrogen-bond donors (Lipinski definition) is 1. The molecule has 3 aromatic rings. The molecule has 0 fully saturated rings. The van der Waals surface area contributed by atoms with Crippen molar-refractivity contribution < 1.29 is 13.2 Å². The van der Waals surface area contributed by atoms with E-state index in [9.17, 15) is 13.2 Å². The van der Waals surface area contributed by atoms with Crippen LogP contribution in [0.4, 0.5) is 10.8 Å². The SMILES string of the molecule is CCN(c1ccccc1)S(=O)(=O)c1ccc(Cl)c(C(=O)Nc2ncc(C)s2)c1. The van der Waals surface area contributed by atoms with Gasteiger partial charge in [-0.15, -0.1) is 11.3 Å². The molecule has 0 saturated heterocycles. The van der Waals surface area contributed by atoms with Crippen molar-refractivity contribution in [3.05, 3.63) is 70.2 Å². The lowest BCUT2D eigenvalue weighted by Crippen LogP contribution is -2.31. The number of nitrogens with one attached hydrogen (secondary N) is 1. The van der Waals surface area contributed by atoms with Crippen molar-refractivity contribution in [2.75, 3.05) is 16.2 Å². The number of carbonyl (C=O) groups is 1. The molecule has 1 N–H and O–H groups in total. The summed E-state index contributed by atoms with van der Waals surface area (Å²) in [5.74, 6) is -0.515. The summed E-state index contributed by atoms with van der Waals surface area (Å²) in [5.41, 5.74) is 0.615. The van der Waals surface area contributed by atoms with Crippen LogP contribution in [0.1, 0.15) is 22.2 Å². The maximum Gasteiger partial charge on any atom is 0.264 e. The summed E-state index contributed by atoms with van der Waals surface area (Å²) in [6.45, 7) is 3.87. The molecular formula is C19H18ClN3O3S2. The first-order valence-electron chi connectivity index (χ1n) is 8.44. The summed E-state index contributed by atoms with van der Waals surface area (Å²) in [4.78, 5) is 17.6. The van der Waals surface area contributed by atoms with Crippen LogP contribution in [-0.2, 0) is 10.0 Å². The zero-order valence-corrected chi connectivity index (χ0v) is 17.6. The molecule has 0 bridgehead atoms. The first kappa shape index (κ1) is 20.3. The molecule has 0 saturated carbocycles. The van der Waals surface area contributed by atoms with Gasteiger partial charge in [0.2, 0.25) is 0 Å². The van der Waals surface area contributed by atoms with Gasteiger partial charge in [-0.2, -0.15) is 0 Å². The number of carbonyl (C=O) groups excluding carboxylic acids is 1. The van der Waals surface area contributed by atoms with E-state index in [1.54, 1.807) is 37.4 Å². The molecule has 0 aliphatic rings. The molecule has 0 spiro atoms. The number of anilines is 2. The van der Waals surface area contributed by atoms with Crippen LogP contribution in [0, 0.1) is 6.92 Å². The van der Waals surface area contributed by atoms with E-state index in [1.165, 1.54) is 33.8 Å². The quantitative estimate of drug-likeness (QED) is 0.614. The molecule has 0 aliphatic heterocycles. The third-order valence-corrected chi connectivity index (χ3v) is 7.00. The van der Waals surface area contributed by atoms with Gasteiger partial charge in [0, 0.05) is 17.6 Å². The summed E-state index contributed by atoms with van der Waals surface area (Å²) in [7, 11) is -3.86. The molecule has 146 valence electrons. The Morgan fingerprint density at radius 2 is 1.93 bits per heavy atom. The fourth-order valence-corrected chi connectivity index (χ4v) is 4.99. The molecule has 0 unspecified atom stereocenters. The van der Waals surface area contributed by atoms with E-state index < -0.39 is 15.9 Å². The van der Waals surface area contributed by atoms with E-state index in [0.29, 0.717) is 10.8 Å². The zero-order chi connectivity index (χ0) is 20.3. The lowest BCUT2D eigenvalue weighted by atomic mass is 10.2. The second-order valence-corrected chi connectivity index (χ2v) is 9.38. The average molecular weight is 436 g/mol. The number of nitrogens with zero attached hydrogens (tertiary/aromatic N) is 2. The van der Waals surface area contributed by atoms with Gasteiger partial charge in [0.25, 0.3) is 15.9 Å². The molecule has 0 radical (unpaired) electrons. The summed E-state index contributed by atoms with van der Waals surface area (Å²) < 4.78 is 27.6. The van der Waals surface area contributed by atoms with Gasteiger partial charge in [0.15, 0.2) is 5.13 Å². The van der Waals surface area contributed by atoms with Crippen LogP contribution in [0.25, 0.3) is 0 Å². The number of para-hydroxylation sites is 1. The minimum atomic E-state index is -3.86. The number of thiazole rings is 1. The molecular weight excluding hydrogens is 418 g/mol. The number of benzene rings is 2. The predicted octanol–water partition coefficient (Wildman–Crippen LogP) is 4.57. The third-order valence-electron chi connectivity index (χ3n) is 3.94. The molecule has 6 nitrogen and oxygen atoms in total. The molecule has 9 heteroatoms. The van der Waals surface area contributed by atoms with Gasteiger partial charge in [-0.25, -0.2) is 13.4 Å². The second-order valence-electron chi connectivity index (χ2n) is 5.88. The fraction of sp³-hybridized carbons (Fsp3) is 0.158. The predicted molar refractivity (Wildman–Crippen MR) is 113 cm³/mol. The van der Waals surface area contributed by atoms with Crippen molar-refractivity contribution in [2.45, 2.75) is 18.7 Å². The van der Waals surface area contributed by atoms with Crippen molar-refractivity contribution in [2.24, 2.45) is 0 Å². The van der Waals surface area contributed by atoms with Crippen molar-refractivity contribution in [3.63, 3.8) is 0 Å². The standard InChI is InChI=1S/C19H18ClN3O3S2/c1-3-23(14-7-5-4-6-8-14)28(25,26)15-9-10-17(20)16(11-15)18(24)22-19-21-12-13(2)27-19/h4-12H,3H2,1-2H3,(H,21,22,24). The highest BCUT2D eigenvalue weighted by Crippen LogP contribution is 2.27. The first-order valence-corrected chi connectivity index (χ1v) is 11.1. The van der Waals surface area contributed by atoms with Crippen molar-refractivity contribution in [1.82, 2.24) is 4.98 Å². The van der Waals surface area contributed by atoms with Gasteiger partial charge in [-0.3, -0.25) is 14.4 Å². The van der Waals surface area contributed by atoms with Crippen LogP contribution in [0.15, 0.2) is 59.6 Å². The van der Waals surface area contributed by atoms with Crippen LogP contribution in [0.5, 0.6) is 0 Å². The zero-order valence-electron chi connectivity index (χ0n) is 15.2. The van der Waals surface area contributed by atoms with Gasteiger partial charge in [0.05, 0.1) is 21.2 Å². The summed E-state index contributed by atoms with van der Waals surface area (Å²) >= 11 is 7.48. The molecule has 1 heterocycles. The lowest BCUT2D eigenvalue weighted by molar-refractivity contribution is 0.102. The summed E-state index contributed by atoms with van der Waals surface area (Å²) in [6, 6.07) is 12.9. The lowest BCUT2D eigenvalue weighted by Gasteiger charge is -2.23. The Labute approximate surface area is 172 Å². The largest absolute Gasteiger partial charge is 0.298 e. The van der Waals surface area contributed by atoms with Gasteiger partial charge < -0.3 is 0 Å². The topological polar surface area (TPSA) is 79.4 Å². The van der Waals surface area contributed by atoms with E-state index in [1.807, 2.05) is 13.0 Å².